The first-order chi connectivity index (χ1) is 12.7. The van der Waals surface area contributed by atoms with Crippen LogP contribution < -0.4 is 0 Å². The van der Waals surface area contributed by atoms with Gasteiger partial charge in [0.2, 0.25) is 5.91 Å². The van der Waals surface area contributed by atoms with Crippen LogP contribution in [-0.2, 0) is 24.8 Å². The number of amides is 1. The second-order valence-corrected chi connectivity index (χ2v) is 6.99. The van der Waals surface area contributed by atoms with Gasteiger partial charge in [-0.2, -0.15) is 0 Å². The van der Waals surface area contributed by atoms with Gasteiger partial charge in [-0.15, -0.1) is 10.2 Å². The fourth-order valence-electron chi connectivity index (χ4n) is 2.63. The Morgan fingerprint density at radius 2 is 1.69 bits per heavy atom. The first-order valence-corrected chi connectivity index (χ1v) is 9.53. The fraction of sp³-hybridized carbons (Fsp3) is 0.250. The molecule has 0 saturated carbocycles. The molecule has 3 aromatic rings. The number of carbonyl (C=O) groups excluding carboxylic acids is 1. The number of carbonyl (C=O) groups is 1. The summed E-state index contributed by atoms with van der Waals surface area (Å²) >= 11 is 1.42. The van der Waals surface area contributed by atoms with Gasteiger partial charge in [0.25, 0.3) is 0 Å². The maximum Gasteiger partial charge on any atom is 0.233 e. The second kappa shape index (κ2) is 9.20. The lowest BCUT2D eigenvalue weighted by Gasteiger charge is -2.23. The van der Waals surface area contributed by atoms with Gasteiger partial charge < -0.3 is 9.47 Å². The number of aromatic nitrogens is 3. The van der Waals surface area contributed by atoms with Crippen molar-refractivity contribution in [1.82, 2.24) is 19.7 Å². The highest BCUT2D eigenvalue weighted by atomic mass is 32.2. The van der Waals surface area contributed by atoms with Crippen molar-refractivity contribution in [1.29, 1.82) is 0 Å². The third-order valence-corrected chi connectivity index (χ3v) is 5.10. The fourth-order valence-corrected chi connectivity index (χ4v) is 3.42. The maximum absolute atomic E-state index is 12.8. The molecule has 0 bridgehead atoms. The van der Waals surface area contributed by atoms with Gasteiger partial charge in [0, 0.05) is 20.1 Å². The summed E-state index contributed by atoms with van der Waals surface area (Å²) in [5, 5.41) is 8.64. The minimum absolute atomic E-state index is 0.109. The molecule has 5 nitrogen and oxygen atoms in total. The van der Waals surface area contributed by atoms with Crippen molar-refractivity contribution in [3.05, 3.63) is 78.1 Å². The molecule has 0 radical (unpaired) electrons. The quantitative estimate of drug-likeness (QED) is 0.575. The van der Waals surface area contributed by atoms with E-state index in [2.05, 4.69) is 34.5 Å². The van der Waals surface area contributed by atoms with E-state index in [1.807, 2.05) is 52.9 Å². The van der Waals surface area contributed by atoms with Gasteiger partial charge in [0.05, 0.1) is 5.75 Å². The molecule has 0 saturated heterocycles. The molecule has 1 amide bonds. The van der Waals surface area contributed by atoms with Crippen molar-refractivity contribution in [2.75, 3.05) is 12.3 Å². The van der Waals surface area contributed by atoms with Crippen LogP contribution in [0.15, 0.2) is 72.1 Å². The van der Waals surface area contributed by atoms with E-state index in [1.54, 1.807) is 6.33 Å². The SMILES string of the molecule is Cn1cnnc1SCC(=O)N(CCc1ccccc1)Cc1ccccc1. The molecule has 0 aliphatic carbocycles. The summed E-state index contributed by atoms with van der Waals surface area (Å²) in [5.74, 6) is 0.464. The van der Waals surface area contributed by atoms with Crippen LogP contribution in [0.2, 0.25) is 0 Å². The van der Waals surface area contributed by atoms with Crippen LogP contribution in [0.4, 0.5) is 0 Å². The zero-order chi connectivity index (χ0) is 18.2. The van der Waals surface area contributed by atoms with E-state index in [-0.39, 0.29) is 5.91 Å². The van der Waals surface area contributed by atoms with Crippen LogP contribution in [0.3, 0.4) is 0 Å². The number of hydrogen-bond acceptors (Lipinski definition) is 4. The van der Waals surface area contributed by atoms with Crippen LogP contribution in [-0.4, -0.2) is 37.9 Å². The summed E-state index contributed by atoms with van der Waals surface area (Å²) in [7, 11) is 1.88. The Hall–Kier alpha value is -2.60. The van der Waals surface area contributed by atoms with Gasteiger partial charge in [0.15, 0.2) is 5.16 Å². The van der Waals surface area contributed by atoms with Gasteiger partial charge >= 0.3 is 0 Å². The second-order valence-electron chi connectivity index (χ2n) is 6.05. The lowest BCUT2D eigenvalue weighted by molar-refractivity contribution is -0.128. The molecule has 0 unspecified atom stereocenters. The standard InChI is InChI=1S/C20H22N4OS/c1-23-16-21-22-20(23)26-15-19(25)24(14-18-10-6-3-7-11-18)13-12-17-8-4-2-5-9-17/h2-11,16H,12-15H2,1H3. The van der Waals surface area contributed by atoms with Crippen molar-refractivity contribution >= 4 is 17.7 Å². The summed E-state index contributed by atoms with van der Waals surface area (Å²) in [6.45, 7) is 1.31. The number of hydrogen-bond donors (Lipinski definition) is 0. The van der Waals surface area contributed by atoms with E-state index in [4.69, 9.17) is 0 Å². The molecular weight excluding hydrogens is 344 g/mol. The van der Waals surface area contributed by atoms with Gasteiger partial charge in [-0.05, 0) is 17.5 Å². The van der Waals surface area contributed by atoms with Gasteiger partial charge in [-0.3, -0.25) is 4.79 Å². The molecular formula is C20H22N4OS. The number of rotatable bonds is 8. The Morgan fingerprint density at radius 3 is 2.31 bits per heavy atom. The van der Waals surface area contributed by atoms with E-state index in [0.29, 0.717) is 18.8 Å². The molecule has 0 N–H and O–H groups in total. The van der Waals surface area contributed by atoms with Crippen molar-refractivity contribution in [2.45, 2.75) is 18.1 Å². The monoisotopic (exact) mass is 366 g/mol. The highest BCUT2D eigenvalue weighted by molar-refractivity contribution is 7.99. The van der Waals surface area contributed by atoms with E-state index in [9.17, 15) is 4.79 Å². The third-order valence-electron chi connectivity index (χ3n) is 4.08. The van der Waals surface area contributed by atoms with E-state index < -0.39 is 0 Å². The minimum atomic E-state index is 0.109. The van der Waals surface area contributed by atoms with Crippen molar-refractivity contribution in [2.24, 2.45) is 7.05 Å². The Morgan fingerprint density at radius 1 is 1.04 bits per heavy atom. The lowest BCUT2D eigenvalue weighted by atomic mass is 10.1. The largest absolute Gasteiger partial charge is 0.337 e. The predicted octanol–water partition coefficient (Wildman–Crippen LogP) is 3.18. The molecule has 2 aromatic carbocycles. The van der Waals surface area contributed by atoms with Crippen molar-refractivity contribution in [3.8, 4) is 0 Å². The molecule has 0 atom stereocenters. The summed E-state index contributed by atoms with van der Waals surface area (Å²) in [6.07, 6.45) is 2.48. The van der Waals surface area contributed by atoms with Crippen LogP contribution in [0.25, 0.3) is 0 Å². The zero-order valence-electron chi connectivity index (χ0n) is 14.8. The average Bonchev–Trinajstić information content (AvgIpc) is 3.09. The van der Waals surface area contributed by atoms with Crippen LogP contribution in [0, 0.1) is 0 Å². The summed E-state index contributed by atoms with van der Waals surface area (Å²) < 4.78 is 1.82. The molecule has 6 heteroatoms. The molecule has 0 spiro atoms. The van der Waals surface area contributed by atoms with Crippen LogP contribution >= 0.6 is 11.8 Å². The normalized spacial score (nSPS) is 10.7. The van der Waals surface area contributed by atoms with Crippen molar-refractivity contribution in [3.63, 3.8) is 0 Å². The molecule has 134 valence electrons. The molecule has 3 rings (SSSR count). The summed E-state index contributed by atoms with van der Waals surface area (Å²) in [4.78, 5) is 14.7. The number of thioether (sulfide) groups is 1. The van der Waals surface area contributed by atoms with Crippen LogP contribution in [0.5, 0.6) is 0 Å². The van der Waals surface area contributed by atoms with Gasteiger partial charge in [0.1, 0.15) is 6.33 Å². The first-order valence-electron chi connectivity index (χ1n) is 8.55. The number of benzene rings is 2. The highest BCUT2D eigenvalue weighted by Gasteiger charge is 2.16. The Bertz CT molecular complexity index is 820. The lowest BCUT2D eigenvalue weighted by Crippen LogP contribution is -2.33. The Balaban J connectivity index is 1.64. The molecule has 1 heterocycles. The molecule has 1 aromatic heterocycles. The predicted molar refractivity (Wildman–Crippen MR) is 104 cm³/mol. The molecule has 0 aliphatic rings. The van der Waals surface area contributed by atoms with E-state index in [1.165, 1.54) is 17.3 Å². The number of nitrogens with zero attached hydrogens (tertiary/aromatic N) is 4. The molecule has 0 fully saturated rings. The van der Waals surface area contributed by atoms with Gasteiger partial charge in [-0.1, -0.05) is 72.4 Å². The summed E-state index contributed by atoms with van der Waals surface area (Å²) in [5.41, 5.74) is 2.37. The summed E-state index contributed by atoms with van der Waals surface area (Å²) in [6, 6.07) is 20.4. The zero-order valence-corrected chi connectivity index (χ0v) is 15.6. The van der Waals surface area contributed by atoms with E-state index >= 15 is 0 Å². The molecule has 0 aliphatic heterocycles. The third kappa shape index (κ3) is 5.20. The van der Waals surface area contributed by atoms with Crippen molar-refractivity contribution < 1.29 is 4.79 Å². The Labute approximate surface area is 158 Å². The topological polar surface area (TPSA) is 51.0 Å². The van der Waals surface area contributed by atoms with Gasteiger partial charge in [-0.25, -0.2) is 0 Å². The maximum atomic E-state index is 12.8. The first kappa shape index (κ1) is 18.2. The van der Waals surface area contributed by atoms with E-state index in [0.717, 1.165) is 17.1 Å². The smallest absolute Gasteiger partial charge is 0.233 e. The molecule has 26 heavy (non-hydrogen) atoms. The number of aryl methyl sites for hydroxylation is 1. The van der Waals surface area contributed by atoms with Crippen LogP contribution in [0.1, 0.15) is 11.1 Å². The highest BCUT2D eigenvalue weighted by Crippen LogP contribution is 2.16. The average molecular weight is 366 g/mol. The Kier molecular flexibility index (Phi) is 6.44. The minimum Gasteiger partial charge on any atom is -0.337 e.